The Hall–Kier alpha value is -2.70. The Bertz CT molecular complexity index is 1060. The molecule has 0 unspecified atom stereocenters. The highest BCUT2D eigenvalue weighted by Gasteiger charge is 2.68. The molecule has 9 atom stereocenters. The third-order valence-corrected chi connectivity index (χ3v) is 8.43. The Morgan fingerprint density at radius 2 is 1.92 bits per heavy atom. The lowest BCUT2D eigenvalue weighted by molar-refractivity contribution is -0.166. The number of carbonyl (C=O) groups is 2. The number of allylic oxidation sites excluding steroid dienone is 1. The van der Waals surface area contributed by atoms with E-state index in [1.807, 2.05) is 49.4 Å². The molecule has 36 heavy (non-hydrogen) atoms. The summed E-state index contributed by atoms with van der Waals surface area (Å²) >= 11 is 0. The summed E-state index contributed by atoms with van der Waals surface area (Å²) in [5.74, 6) is -1.75. The zero-order valence-electron chi connectivity index (χ0n) is 21.7. The smallest absolute Gasteiger partial charge is 0.303 e. The minimum absolute atomic E-state index is 0.170. The second-order valence-electron chi connectivity index (χ2n) is 11.3. The van der Waals surface area contributed by atoms with Gasteiger partial charge < -0.3 is 20.3 Å². The Morgan fingerprint density at radius 3 is 2.58 bits per heavy atom. The first-order chi connectivity index (χ1) is 17.0. The van der Waals surface area contributed by atoms with E-state index in [0.717, 1.165) is 5.56 Å². The molecule has 1 aromatic carbocycles. The van der Waals surface area contributed by atoms with E-state index in [2.05, 4.69) is 18.8 Å². The van der Waals surface area contributed by atoms with Crippen molar-refractivity contribution in [3.63, 3.8) is 0 Å². The fraction of sp³-hybridized carbons (Fsp3) is 0.533. The molecule has 1 aromatic rings. The highest BCUT2D eigenvalue weighted by molar-refractivity contribution is 5.89. The van der Waals surface area contributed by atoms with Gasteiger partial charge in [-0.1, -0.05) is 69.0 Å². The average Bonchev–Trinajstić information content (AvgIpc) is 3.08. The van der Waals surface area contributed by atoms with Crippen LogP contribution in [0, 0.1) is 29.1 Å². The summed E-state index contributed by atoms with van der Waals surface area (Å²) in [5, 5.41) is 25.8. The van der Waals surface area contributed by atoms with Crippen molar-refractivity contribution < 1.29 is 24.5 Å². The van der Waals surface area contributed by atoms with Gasteiger partial charge in [0.1, 0.15) is 11.5 Å². The number of nitrogens with one attached hydrogen (secondary N) is 1. The lowest BCUT2D eigenvalue weighted by atomic mass is 9.51. The largest absolute Gasteiger partial charge is 0.457 e. The van der Waals surface area contributed by atoms with Crippen molar-refractivity contribution >= 4 is 11.9 Å². The van der Waals surface area contributed by atoms with E-state index in [4.69, 9.17) is 4.74 Å². The Morgan fingerprint density at radius 1 is 1.22 bits per heavy atom. The molecule has 1 amide bonds. The summed E-state index contributed by atoms with van der Waals surface area (Å²) in [5.41, 5.74) is -0.635. The number of hydrogen-bond donors (Lipinski definition) is 3. The van der Waals surface area contributed by atoms with Crippen LogP contribution < -0.4 is 5.32 Å². The fourth-order valence-electron chi connectivity index (χ4n) is 6.90. The van der Waals surface area contributed by atoms with Crippen LogP contribution in [0.3, 0.4) is 0 Å². The van der Waals surface area contributed by atoms with Crippen molar-refractivity contribution in [1.29, 1.82) is 0 Å². The molecule has 194 valence electrons. The maximum absolute atomic E-state index is 14.2. The van der Waals surface area contributed by atoms with E-state index >= 15 is 0 Å². The predicted molar refractivity (Wildman–Crippen MR) is 139 cm³/mol. The maximum atomic E-state index is 14.2. The number of rotatable bonds is 3. The van der Waals surface area contributed by atoms with E-state index < -0.39 is 35.1 Å². The molecule has 3 aliphatic rings. The van der Waals surface area contributed by atoms with E-state index in [0.29, 0.717) is 24.8 Å². The van der Waals surface area contributed by atoms with Gasteiger partial charge in [0.2, 0.25) is 5.91 Å². The summed E-state index contributed by atoms with van der Waals surface area (Å²) in [6.07, 6.45) is 7.09. The Kier molecular flexibility index (Phi) is 7.31. The van der Waals surface area contributed by atoms with Crippen molar-refractivity contribution in [2.75, 3.05) is 0 Å². The number of amides is 1. The van der Waals surface area contributed by atoms with Gasteiger partial charge >= 0.3 is 5.97 Å². The van der Waals surface area contributed by atoms with Crippen molar-refractivity contribution in [2.24, 2.45) is 29.1 Å². The number of ether oxygens (including phenoxy) is 1. The van der Waals surface area contributed by atoms with Gasteiger partial charge in [0, 0.05) is 24.8 Å². The molecule has 1 saturated carbocycles. The van der Waals surface area contributed by atoms with Gasteiger partial charge in [-0.05, 0) is 55.2 Å². The second kappa shape index (κ2) is 9.98. The molecule has 1 spiro atoms. The van der Waals surface area contributed by atoms with E-state index in [-0.39, 0.29) is 29.7 Å². The number of esters is 1. The molecule has 2 aliphatic carbocycles. The first kappa shape index (κ1) is 26.4. The molecule has 6 nitrogen and oxygen atoms in total. The molecule has 1 saturated heterocycles. The number of aliphatic hydroxyl groups excluding tert-OH is 1. The van der Waals surface area contributed by atoms with Crippen LogP contribution in [0.25, 0.3) is 0 Å². The SMILES string of the molecule is C=C1[C@@H](C)[C@H]2[C@H](Cc3ccccc3)NC(=O)[C@]23[C@H](OC(C)=O)/C=C\[C@](C)(O)C[C@@H](C)C/C=C/[C@H]3[C@@H]1O. The van der Waals surface area contributed by atoms with Gasteiger partial charge in [-0.15, -0.1) is 0 Å². The summed E-state index contributed by atoms with van der Waals surface area (Å²) < 4.78 is 5.89. The second-order valence-corrected chi connectivity index (χ2v) is 11.3. The first-order valence-corrected chi connectivity index (χ1v) is 12.9. The van der Waals surface area contributed by atoms with E-state index in [9.17, 15) is 19.8 Å². The quantitative estimate of drug-likeness (QED) is 0.440. The number of aliphatic hydroxyl groups is 2. The predicted octanol–water partition coefficient (Wildman–Crippen LogP) is 3.74. The molecule has 1 aliphatic heterocycles. The average molecular weight is 494 g/mol. The summed E-state index contributed by atoms with van der Waals surface area (Å²) in [7, 11) is 0. The molecule has 4 rings (SSSR count). The van der Waals surface area contributed by atoms with Crippen LogP contribution in [-0.2, 0) is 20.7 Å². The van der Waals surface area contributed by atoms with Crippen LogP contribution in [0.2, 0.25) is 0 Å². The van der Waals surface area contributed by atoms with Crippen LogP contribution in [0.15, 0.2) is 66.8 Å². The third kappa shape index (κ3) is 4.69. The monoisotopic (exact) mass is 493 g/mol. The minimum atomic E-state index is -1.26. The first-order valence-electron chi connectivity index (χ1n) is 12.9. The molecule has 3 N–H and O–H groups in total. The van der Waals surface area contributed by atoms with Crippen LogP contribution in [0.5, 0.6) is 0 Å². The zero-order chi connectivity index (χ0) is 26.3. The number of benzene rings is 1. The standard InChI is InChI=1S/C30H39NO5/c1-18-10-9-13-23-27(33)20(3)19(2)26-24(16-22-11-7-6-8-12-22)31-28(34)30(23,26)25(36-21(4)32)14-15-29(5,35)17-18/h6-9,11-15,18-19,23-27,33,35H,3,10,16-17H2,1-2,4-5H3,(H,31,34)/b13-9+,15-14-/t18-,19+,23-,24-,25+,26-,27+,29-,30+/m0/s1. The van der Waals surface area contributed by atoms with Crippen molar-refractivity contribution in [1.82, 2.24) is 5.32 Å². The molecule has 1 heterocycles. The summed E-state index contributed by atoms with van der Waals surface area (Å²) in [6, 6.07) is 9.73. The van der Waals surface area contributed by atoms with Crippen molar-refractivity contribution in [3.05, 3.63) is 72.4 Å². The van der Waals surface area contributed by atoms with Crippen molar-refractivity contribution in [3.8, 4) is 0 Å². The fourth-order valence-corrected chi connectivity index (χ4v) is 6.90. The van der Waals surface area contributed by atoms with Gasteiger partial charge in [0.25, 0.3) is 0 Å². The van der Waals surface area contributed by atoms with Gasteiger partial charge in [0.05, 0.1) is 11.7 Å². The van der Waals surface area contributed by atoms with Gasteiger partial charge in [0.15, 0.2) is 0 Å². The normalized spacial score (nSPS) is 42.3. The molecule has 6 heteroatoms. The number of carbonyl (C=O) groups excluding carboxylic acids is 2. The topological polar surface area (TPSA) is 95.9 Å². The summed E-state index contributed by atoms with van der Waals surface area (Å²) in [4.78, 5) is 26.5. The minimum Gasteiger partial charge on any atom is -0.457 e. The molecular weight excluding hydrogens is 454 g/mol. The lowest BCUT2D eigenvalue weighted by Gasteiger charge is -2.52. The van der Waals surface area contributed by atoms with Gasteiger partial charge in [-0.2, -0.15) is 0 Å². The lowest BCUT2D eigenvalue weighted by Crippen LogP contribution is -2.60. The van der Waals surface area contributed by atoms with E-state index in [1.54, 1.807) is 19.1 Å². The van der Waals surface area contributed by atoms with Crippen LogP contribution in [-0.4, -0.2) is 45.9 Å². The molecule has 0 radical (unpaired) electrons. The molecule has 2 fully saturated rings. The third-order valence-electron chi connectivity index (χ3n) is 8.43. The molecule has 0 aromatic heterocycles. The van der Waals surface area contributed by atoms with Crippen LogP contribution in [0.1, 0.15) is 46.1 Å². The Balaban J connectivity index is 1.92. The van der Waals surface area contributed by atoms with Crippen LogP contribution in [0.4, 0.5) is 0 Å². The molecular formula is C30H39NO5. The van der Waals surface area contributed by atoms with Gasteiger partial charge in [-0.25, -0.2) is 0 Å². The Labute approximate surface area is 214 Å². The van der Waals surface area contributed by atoms with E-state index in [1.165, 1.54) is 6.92 Å². The maximum Gasteiger partial charge on any atom is 0.303 e. The zero-order valence-corrected chi connectivity index (χ0v) is 21.7. The summed E-state index contributed by atoms with van der Waals surface area (Å²) in [6.45, 7) is 11.3. The number of hydrogen-bond acceptors (Lipinski definition) is 5. The highest BCUT2D eigenvalue weighted by atomic mass is 16.5. The molecule has 0 bridgehead atoms. The van der Waals surface area contributed by atoms with Gasteiger partial charge in [-0.3, -0.25) is 9.59 Å². The highest BCUT2D eigenvalue weighted by Crippen LogP contribution is 2.58. The van der Waals surface area contributed by atoms with Crippen molar-refractivity contribution in [2.45, 2.75) is 70.8 Å². The van der Waals surface area contributed by atoms with Crippen LogP contribution >= 0.6 is 0 Å².